The Balaban J connectivity index is 1.58. The molecule has 0 unspecified atom stereocenters. The van der Waals surface area contributed by atoms with E-state index in [4.69, 9.17) is 4.74 Å². The molecule has 1 saturated heterocycles. The molecule has 1 N–H and O–H groups in total. The van der Waals surface area contributed by atoms with Gasteiger partial charge in [0.15, 0.2) is 0 Å². The van der Waals surface area contributed by atoms with Crippen LogP contribution in [-0.2, 0) is 4.74 Å². The zero-order valence-corrected chi connectivity index (χ0v) is 15.8. The third-order valence-electron chi connectivity index (χ3n) is 4.60. The smallest absolute Gasteiger partial charge is 0.414 e. The van der Waals surface area contributed by atoms with Crippen molar-refractivity contribution in [2.24, 2.45) is 0 Å². The van der Waals surface area contributed by atoms with Crippen LogP contribution in [-0.4, -0.2) is 44.8 Å². The summed E-state index contributed by atoms with van der Waals surface area (Å²) in [6.07, 6.45) is -0.371. The minimum Gasteiger partial charge on any atom is -0.447 e. The molecule has 0 atom stereocenters. The van der Waals surface area contributed by atoms with E-state index in [2.05, 4.69) is 42.3 Å². The van der Waals surface area contributed by atoms with Gasteiger partial charge in [0.2, 0.25) is 0 Å². The summed E-state index contributed by atoms with van der Waals surface area (Å²) in [5.41, 5.74) is 3.58. The first-order valence-electron chi connectivity index (χ1n) is 9.22. The molecule has 27 heavy (non-hydrogen) atoms. The molecular weight excluding hydrogens is 342 g/mol. The van der Waals surface area contributed by atoms with Crippen LogP contribution in [0.2, 0.25) is 0 Å². The number of ether oxygens (including phenoxy) is 1. The molecule has 6 nitrogen and oxygen atoms in total. The van der Waals surface area contributed by atoms with Gasteiger partial charge in [-0.25, -0.2) is 4.79 Å². The lowest BCUT2D eigenvalue weighted by molar-refractivity contribution is 0.0954. The molecule has 6 heteroatoms. The Hall–Kier alpha value is -3.02. The van der Waals surface area contributed by atoms with Crippen molar-refractivity contribution in [1.82, 2.24) is 5.32 Å². The van der Waals surface area contributed by atoms with Gasteiger partial charge in [-0.1, -0.05) is 18.2 Å². The number of likely N-dealkylation sites (N-methyl/N-ethyl adjacent to an activating group) is 1. The number of carbonyl (C=O) groups excluding carboxylic acids is 2. The number of amides is 2. The van der Waals surface area contributed by atoms with Gasteiger partial charge in [-0.3, -0.25) is 9.69 Å². The quantitative estimate of drug-likeness (QED) is 0.816. The number of hydrogen-bond donors (Lipinski definition) is 1. The molecule has 2 aromatic rings. The normalized spacial score (nSPS) is 13.4. The van der Waals surface area contributed by atoms with Crippen molar-refractivity contribution in [3.63, 3.8) is 0 Å². The molecule has 2 amide bonds. The van der Waals surface area contributed by atoms with E-state index in [1.165, 1.54) is 10.5 Å². The van der Waals surface area contributed by atoms with Gasteiger partial charge in [-0.05, 0) is 49.7 Å². The lowest BCUT2D eigenvalue weighted by Gasteiger charge is -2.23. The fourth-order valence-corrected chi connectivity index (χ4v) is 3.14. The second-order valence-electron chi connectivity index (χ2n) is 6.49. The lowest BCUT2D eigenvalue weighted by Crippen LogP contribution is -2.35. The average Bonchev–Trinajstić information content (AvgIpc) is 3.11. The average molecular weight is 367 g/mol. The molecule has 142 valence electrons. The predicted octanol–water partition coefficient (Wildman–Crippen LogP) is 3.21. The van der Waals surface area contributed by atoms with Gasteiger partial charge in [0, 0.05) is 36.6 Å². The highest BCUT2D eigenvalue weighted by atomic mass is 16.6. The SMILES string of the molecule is CCN(CCNC(=O)c1cccc(N2CCOC2=O)c1)c1cccc(C)c1. The van der Waals surface area contributed by atoms with E-state index in [1.54, 1.807) is 24.3 Å². The van der Waals surface area contributed by atoms with E-state index in [9.17, 15) is 9.59 Å². The molecule has 1 fully saturated rings. The van der Waals surface area contributed by atoms with Crippen LogP contribution in [0.25, 0.3) is 0 Å². The molecule has 3 rings (SSSR count). The van der Waals surface area contributed by atoms with Crippen LogP contribution in [0.4, 0.5) is 16.2 Å². The second-order valence-corrected chi connectivity index (χ2v) is 6.49. The topological polar surface area (TPSA) is 61.9 Å². The number of nitrogens with one attached hydrogen (secondary N) is 1. The Morgan fingerprint density at radius 3 is 2.74 bits per heavy atom. The summed E-state index contributed by atoms with van der Waals surface area (Å²) < 4.78 is 4.96. The Kier molecular flexibility index (Phi) is 5.96. The molecule has 0 aliphatic carbocycles. The van der Waals surface area contributed by atoms with Gasteiger partial charge in [-0.15, -0.1) is 0 Å². The van der Waals surface area contributed by atoms with Crippen LogP contribution in [0.1, 0.15) is 22.8 Å². The molecule has 0 radical (unpaired) electrons. The molecule has 0 aromatic heterocycles. The van der Waals surface area contributed by atoms with Gasteiger partial charge in [-0.2, -0.15) is 0 Å². The van der Waals surface area contributed by atoms with E-state index in [0.29, 0.717) is 30.9 Å². The van der Waals surface area contributed by atoms with Crippen LogP contribution in [0.15, 0.2) is 48.5 Å². The summed E-state index contributed by atoms with van der Waals surface area (Å²) in [5, 5.41) is 2.96. The maximum atomic E-state index is 12.5. The minimum atomic E-state index is -0.371. The van der Waals surface area contributed by atoms with Crippen molar-refractivity contribution in [3.8, 4) is 0 Å². The predicted molar refractivity (Wildman–Crippen MR) is 107 cm³/mol. The summed E-state index contributed by atoms with van der Waals surface area (Å²) in [6.45, 7) is 7.18. The van der Waals surface area contributed by atoms with Gasteiger partial charge in [0.1, 0.15) is 6.61 Å². The molecule has 1 heterocycles. The van der Waals surface area contributed by atoms with E-state index >= 15 is 0 Å². The van der Waals surface area contributed by atoms with Crippen LogP contribution in [0, 0.1) is 6.92 Å². The van der Waals surface area contributed by atoms with Crippen LogP contribution in [0.3, 0.4) is 0 Å². The number of benzene rings is 2. The highest BCUT2D eigenvalue weighted by molar-refractivity contribution is 5.97. The first-order chi connectivity index (χ1) is 13.1. The number of hydrogen-bond acceptors (Lipinski definition) is 4. The van der Waals surface area contributed by atoms with E-state index in [1.807, 2.05) is 6.07 Å². The third-order valence-corrected chi connectivity index (χ3v) is 4.60. The maximum absolute atomic E-state index is 12.5. The summed E-state index contributed by atoms with van der Waals surface area (Å²) in [4.78, 5) is 27.9. The highest BCUT2D eigenvalue weighted by Crippen LogP contribution is 2.20. The number of rotatable bonds is 7. The van der Waals surface area contributed by atoms with Crippen LogP contribution >= 0.6 is 0 Å². The number of carbonyl (C=O) groups is 2. The van der Waals surface area contributed by atoms with Gasteiger partial charge < -0.3 is 15.0 Å². The molecule has 0 saturated carbocycles. The van der Waals surface area contributed by atoms with Crippen molar-refractivity contribution >= 4 is 23.4 Å². The molecule has 1 aliphatic heterocycles. The lowest BCUT2D eigenvalue weighted by atomic mass is 10.1. The van der Waals surface area contributed by atoms with Crippen LogP contribution in [0.5, 0.6) is 0 Å². The largest absolute Gasteiger partial charge is 0.447 e. The van der Waals surface area contributed by atoms with Gasteiger partial charge >= 0.3 is 6.09 Å². The number of cyclic esters (lactones) is 1. The Morgan fingerprint density at radius 1 is 1.22 bits per heavy atom. The number of aryl methyl sites for hydroxylation is 1. The van der Waals surface area contributed by atoms with E-state index < -0.39 is 0 Å². The second kappa shape index (κ2) is 8.58. The molecule has 2 aromatic carbocycles. The zero-order valence-electron chi connectivity index (χ0n) is 15.8. The Bertz CT molecular complexity index is 822. The van der Waals surface area contributed by atoms with Crippen molar-refractivity contribution in [1.29, 1.82) is 0 Å². The van der Waals surface area contributed by atoms with E-state index in [-0.39, 0.29) is 12.0 Å². The standard InChI is InChI=1S/C21H25N3O3/c1-3-23(18-8-4-6-16(2)14-18)11-10-22-20(25)17-7-5-9-19(15-17)24-12-13-27-21(24)26/h4-9,14-15H,3,10-13H2,1-2H3,(H,22,25). The van der Waals surface area contributed by atoms with Crippen molar-refractivity contribution in [2.75, 3.05) is 42.6 Å². The van der Waals surface area contributed by atoms with Crippen molar-refractivity contribution in [2.45, 2.75) is 13.8 Å². The molecule has 0 bridgehead atoms. The Labute approximate surface area is 159 Å². The van der Waals surface area contributed by atoms with Gasteiger partial charge in [0.05, 0.1) is 6.54 Å². The monoisotopic (exact) mass is 367 g/mol. The zero-order chi connectivity index (χ0) is 19.2. The fourth-order valence-electron chi connectivity index (χ4n) is 3.14. The highest BCUT2D eigenvalue weighted by Gasteiger charge is 2.24. The molecule has 0 spiro atoms. The van der Waals surface area contributed by atoms with Crippen molar-refractivity contribution < 1.29 is 14.3 Å². The summed E-state index contributed by atoms with van der Waals surface area (Å²) >= 11 is 0. The minimum absolute atomic E-state index is 0.148. The summed E-state index contributed by atoms with van der Waals surface area (Å²) in [6, 6.07) is 15.4. The summed E-state index contributed by atoms with van der Waals surface area (Å²) in [5.74, 6) is -0.148. The number of nitrogens with zero attached hydrogens (tertiary/aromatic N) is 2. The first kappa shape index (κ1) is 18.8. The maximum Gasteiger partial charge on any atom is 0.414 e. The first-order valence-corrected chi connectivity index (χ1v) is 9.22. The van der Waals surface area contributed by atoms with E-state index in [0.717, 1.165) is 18.8 Å². The molecular formula is C21H25N3O3. The van der Waals surface area contributed by atoms with Crippen LogP contribution < -0.4 is 15.1 Å². The third kappa shape index (κ3) is 4.58. The number of anilines is 2. The Morgan fingerprint density at radius 2 is 2.04 bits per heavy atom. The summed E-state index contributed by atoms with van der Waals surface area (Å²) in [7, 11) is 0. The molecule has 1 aliphatic rings. The fraction of sp³-hybridized carbons (Fsp3) is 0.333. The van der Waals surface area contributed by atoms with Crippen molar-refractivity contribution in [3.05, 3.63) is 59.7 Å². The van der Waals surface area contributed by atoms with Gasteiger partial charge in [0.25, 0.3) is 5.91 Å².